The summed E-state index contributed by atoms with van der Waals surface area (Å²) in [6.45, 7) is 5.28. The van der Waals surface area contributed by atoms with Crippen molar-refractivity contribution in [3.63, 3.8) is 0 Å². The van der Waals surface area contributed by atoms with Crippen molar-refractivity contribution < 1.29 is 9.53 Å². The average Bonchev–Trinajstić information content (AvgIpc) is 2.61. The fourth-order valence-electron chi connectivity index (χ4n) is 3.98. The topological polar surface area (TPSA) is 58.8 Å². The molecule has 7 heteroatoms. The van der Waals surface area contributed by atoms with Crippen LogP contribution < -0.4 is 15.4 Å². The Hall–Kier alpha value is -1.17. The highest BCUT2D eigenvalue weighted by Gasteiger charge is 2.40. The molecule has 2 atom stereocenters. The minimum absolute atomic E-state index is 0. The van der Waals surface area contributed by atoms with Crippen LogP contribution in [0.4, 0.5) is 5.69 Å². The SMILES string of the molecule is COc1cccc(N2CCN(C(=O)C3CCCCC3(C)N)CC2)c1.Cl.Cl. The molecule has 1 heterocycles. The van der Waals surface area contributed by atoms with Crippen molar-refractivity contribution in [2.75, 3.05) is 38.2 Å². The van der Waals surface area contributed by atoms with Crippen molar-refractivity contribution in [3.05, 3.63) is 24.3 Å². The van der Waals surface area contributed by atoms with E-state index in [4.69, 9.17) is 10.5 Å². The highest BCUT2D eigenvalue weighted by molar-refractivity contribution is 5.85. The molecule has 0 radical (unpaired) electrons. The summed E-state index contributed by atoms with van der Waals surface area (Å²) in [5.41, 5.74) is 7.22. The minimum atomic E-state index is -0.348. The van der Waals surface area contributed by atoms with Crippen molar-refractivity contribution in [2.45, 2.75) is 38.1 Å². The van der Waals surface area contributed by atoms with Crippen LogP contribution in [0, 0.1) is 5.92 Å². The van der Waals surface area contributed by atoms with Gasteiger partial charge < -0.3 is 20.3 Å². The Bertz CT molecular complexity index is 590. The normalized spacial score (nSPS) is 25.7. The first-order chi connectivity index (χ1) is 11.5. The largest absolute Gasteiger partial charge is 0.497 e. The number of anilines is 1. The molecule has 2 fully saturated rings. The van der Waals surface area contributed by atoms with Gasteiger partial charge in [-0.2, -0.15) is 0 Å². The van der Waals surface area contributed by atoms with Crippen LogP contribution in [0.5, 0.6) is 5.75 Å². The molecule has 1 aliphatic carbocycles. The standard InChI is InChI=1S/C19H29N3O2.2ClH/c1-19(20)9-4-3-8-17(19)18(23)22-12-10-21(11-13-22)15-6-5-7-16(14-15)24-2;;/h5-7,14,17H,3-4,8-13,20H2,1-2H3;2*1H. The molecule has 0 bridgehead atoms. The maximum absolute atomic E-state index is 12.9. The summed E-state index contributed by atoms with van der Waals surface area (Å²) in [7, 11) is 1.68. The van der Waals surface area contributed by atoms with Gasteiger partial charge in [-0.25, -0.2) is 0 Å². The lowest BCUT2D eigenvalue weighted by Crippen LogP contribution is -2.57. The van der Waals surface area contributed by atoms with E-state index in [-0.39, 0.29) is 42.2 Å². The molecule has 3 rings (SSSR count). The number of hydrogen-bond acceptors (Lipinski definition) is 4. The molecule has 1 amide bonds. The van der Waals surface area contributed by atoms with Gasteiger partial charge in [-0.15, -0.1) is 24.8 Å². The first-order valence-corrected chi connectivity index (χ1v) is 8.98. The number of amides is 1. The van der Waals surface area contributed by atoms with Gasteiger partial charge in [0.1, 0.15) is 5.75 Å². The number of carbonyl (C=O) groups excluding carboxylic acids is 1. The van der Waals surface area contributed by atoms with E-state index < -0.39 is 0 Å². The highest BCUT2D eigenvalue weighted by Crippen LogP contribution is 2.33. The third kappa shape index (κ3) is 4.96. The zero-order valence-electron chi connectivity index (χ0n) is 15.6. The lowest BCUT2D eigenvalue weighted by Gasteiger charge is -2.42. The zero-order valence-corrected chi connectivity index (χ0v) is 17.3. The third-order valence-corrected chi connectivity index (χ3v) is 5.56. The van der Waals surface area contributed by atoms with Crippen LogP contribution in [0.15, 0.2) is 24.3 Å². The Morgan fingerprint density at radius 1 is 1.19 bits per heavy atom. The Kier molecular flexibility index (Phi) is 8.51. The summed E-state index contributed by atoms with van der Waals surface area (Å²) < 4.78 is 5.30. The quantitative estimate of drug-likeness (QED) is 0.841. The first-order valence-electron chi connectivity index (χ1n) is 8.98. The number of nitrogens with two attached hydrogens (primary N) is 1. The zero-order chi connectivity index (χ0) is 17.2. The van der Waals surface area contributed by atoms with E-state index in [0.717, 1.165) is 63.3 Å². The smallest absolute Gasteiger partial charge is 0.227 e. The van der Waals surface area contributed by atoms with Gasteiger partial charge in [0.05, 0.1) is 13.0 Å². The fraction of sp³-hybridized carbons (Fsp3) is 0.632. The molecule has 1 aromatic carbocycles. The summed E-state index contributed by atoms with van der Waals surface area (Å²) in [5, 5.41) is 0. The molecule has 2 aliphatic rings. The number of piperazine rings is 1. The second-order valence-electron chi connectivity index (χ2n) is 7.32. The van der Waals surface area contributed by atoms with Gasteiger partial charge in [0, 0.05) is 43.5 Å². The van der Waals surface area contributed by atoms with Crippen molar-refractivity contribution in [2.24, 2.45) is 11.7 Å². The Labute approximate surface area is 169 Å². The second kappa shape index (κ2) is 9.67. The molecule has 148 valence electrons. The van der Waals surface area contributed by atoms with Crippen LogP contribution in [-0.4, -0.2) is 49.6 Å². The predicted octanol–water partition coefficient (Wildman–Crippen LogP) is 3.10. The molecule has 26 heavy (non-hydrogen) atoms. The van der Waals surface area contributed by atoms with Gasteiger partial charge in [-0.1, -0.05) is 18.9 Å². The number of methoxy groups -OCH3 is 1. The molecular weight excluding hydrogens is 373 g/mol. The summed E-state index contributed by atoms with van der Waals surface area (Å²) in [6.07, 6.45) is 4.14. The summed E-state index contributed by atoms with van der Waals surface area (Å²) in [4.78, 5) is 17.2. The number of benzene rings is 1. The van der Waals surface area contributed by atoms with Crippen molar-refractivity contribution in [3.8, 4) is 5.75 Å². The number of ether oxygens (including phenoxy) is 1. The lowest BCUT2D eigenvalue weighted by atomic mass is 9.74. The van der Waals surface area contributed by atoms with E-state index >= 15 is 0 Å². The second-order valence-corrected chi connectivity index (χ2v) is 7.32. The Balaban J connectivity index is 0.00000169. The van der Waals surface area contributed by atoms with Crippen LogP contribution in [-0.2, 0) is 4.79 Å². The van der Waals surface area contributed by atoms with E-state index in [2.05, 4.69) is 17.0 Å². The maximum atomic E-state index is 12.9. The summed E-state index contributed by atoms with van der Waals surface area (Å²) >= 11 is 0. The number of nitrogens with zero attached hydrogens (tertiary/aromatic N) is 2. The number of rotatable bonds is 3. The van der Waals surface area contributed by atoms with E-state index in [1.54, 1.807) is 7.11 Å². The van der Waals surface area contributed by atoms with Gasteiger partial charge in [0.15, 0.2) is 0 Å². The minimum Gasteiger partial charge on any atom is -0.497 e. The first kappa shape index (κ1) is 22.9. The molecule has 5 nitrogen and oxygen atoms in total. The van der Waals surface area contributed by atoms with E-state index in [0.29, 0.717) is 0 Å². The van der Waals surface area contributed by atoms with Crippen molar-refractivity contribution in [1.29, 1.82) is 0 Å². The highest BCUT2D eigenvalue weighted by atomic mass is 35.5. The predicted molar refractivity (Wildman–Crippen MR) is 111 cm³/mol. The molecule has 1 saturated heterocycles. The van der Waals surface area contributed by atoms with Gasteiger partial charge in [0.2, 0.25) is 5.91 Å². The third-order valence-electron chi connectivity index (χ3n) is 5.56. The molecule has 1 saturated carbocycles. The van der Waals surface area contributed by atoms with E-state index in [1.165, 1.54) is 0 Å². The molecule has 2 unspecified atom stereocenters. The lowest BCUT2D eigenvalue weighted by molar-refractivity contribution is -0.139. The van der Waals surface area contributed by atoms with Crippen LogP contribution in [0.1, 0.15) is 32.6 Å². The van der Waals surface area contributed by atoms with Crippen LogP contribution >= 0.6 is 24.8 Å². The van der Waals surface area contributed by atoms with Gasteiger partial charge in [-0.3, -0.25) is 4.79 Å². The van der Waals surface area contributed by atoms with E-state index in [1.807, 2.05) is 24.0 Å². The van der Waals surface area contributed by atoms with Gasteiger partial charge >= 0.3 is 0 Å². The number of hydrogen-bond donors (Lipinski definition) is 1. The van der Waals surface area contributed by atoms with E-state index in [9.17, 15) is 4.79 Å². The Morgan fingerprint density at radius 3 is 2.50 bits per heavy atom. The molecule has 0 aromatic heterocycles. The van der Waals surface area contributed by atoms with Gasteiger partial charge in [0.25, 0.3) is 0 Å². The van der Waals surface area contributed by atoms with Crippen molar-refractivity contribution >= 4 is 36.4 Å². The number of carbonyl (C=O) groups is 1. The van der Waals surface area contributed by atoms with Gasteiger partial charge in [-0.05, 0) is 31.9 Å². The summed E-state index contributed by atoms with van der Waals surface area (Å²) in [6, 6.07) is 8.11. The van der Waals surface area contributed by atoms with Crippen molar-refractivity contribution in [1.82, 2.24) is 4.90 Å². The number of halogens is 2. The molecule has 2 N–H and O–H groups in total. The molecule has 0 spiro atoms. The molecular formula is C19H31Cl2N3O2. The van der Waals surface area contributed by atoms with Crippen LogP contribution in [0.3, 0.4) is 0 Å². The molecule has 1 aromatic rings. The molecule has 1 aliphatic heterocycles. The monoisotopic (exact) mass is 403 g/mol. The van der Waals surface area contributed by atoms with Crippen LogP contribution in [0.2, 0.25) is 0 Å². The maximum Gasteiger partial charge on any atom is 0.227 e. The fourth-order valence-corrected chi connectivity index (χ4v) is 3.98. The average molecular weight is 404 g/mol. The van der Waals surface area contributed by atoms with Crippen LogP contribution in [0.25, 0.3) is 0 Å². The Morgan fingerprint density at radius 2 is 1.88 bits per heavy atom. The summed E-state index contributed by atoms with van der Waals surface area (Å²) in [5.74, 6) is 1.10.